The first-order valence-electron chi connectivity index (χ1n) is 22.6. The summed E-state index contributed by atoms with van der Waals surface area (Å²) < 4.78 is 2.52. The summed E-state index contributed by atoms with van der Waals surface area (Å²) in [5.74, 6) is 0. The van der Waals surface area contributed by atoms with Crippen molar-refractivity contribution >= 4 is 38.9 Å². The summed E-state index contributed by atoms with van der Waals surface area (Å²) in [4.78, 5) is 2.36. The summed E-state index contributed by atoms with van der Waals surface area (Å²) >= 11 is 0. The Labute approximate surface area is 389 Å². The molecule has 0 aliphatic carbocycles. The van der Waals surface area contributed by atoms with E-state index in [1.54, 1.807) is 0 Å². The van der Waals surface area contributed by atoms with E-state index in [1.165, 1.54) is 94.3 Å². The maximum absolute atomic E-state index is 2.52. The number of hydrogen-bond donors (Lipinski definition) is 0. The predicted octanol–water partition coefficient (Wildman–Crippen LogP) is 17.4. The fraction of sp³-hybridized carbons (Fsp3) is 0.0625. The van der Waals surface area contributed by atoms with Gasteiger partial charge in [0.05, 0.1) is 22.1 Å². The van der Waals surface area contributed by atoms with Crippen molar-refractivity contribution in [3.8, 4) is 39.1 Å². The number of nitrogens with zero attached hydrogens (tertiary/aromatic N) is 2. The van der Waals surface area contributed by atoms with E-state index in [0.29, 0.717) is 0 Å². The fourth-order valence-electron chi connectivity index (χ4n) is 10.4. The van der Waals surface area contributed by atoms with Crippen LogP contribution < -0.4 is 4.90 Å². The van der Waals surface area contributed by atoms with Crippen molar-refractivity contribution in [1.82, 2.24) is 4.57 Å². The van der Waals surface area contributed by atoms with E-state index in [-0.39, 0.29) is 8.85 Å². The normalized spacial score (nSPS) is 12.4. The molecule has 2 nitrogen and oxygen atoms in total. The number of hydrogen-bond acceptors (Lipinski definition) is 1. The van der Waals surface area contributed by atoms with E-state index in [9.17, 15) is 0 Å². The molecule has 0 atom stereocenters. The monoisotopic (exact) mass is 848 g/mol. The lowest BCUT2D eigenvalue weighted by Gasteiger charge is -2.42. The molecule has 1 aliphatic heterocycles. The molecule has 0 N–H and O–H groups in total. The van der Waals surface area contributed by atoms with E-state index in [4.69, 9.17) is 0 Å². The molecule has 0 amide bonds. The summed E-state index contributed by atoms with van der Waals surface area (Å²) in [5.41, 5.74) is 21.2. The van der Waals surface area contributed by atoms with Gasteiger partial charge in [-0.3, -0.25) is 0 Å². The fourth-order valence-corrected chi connectivity index (χ4v) is 10.4. The lowest BCUT2D eigenvalue weighted by atomic mass is 9.62. The molecular formula is C64H52N2. The highest BCUT2D eigenvalue weighted by Gasteiger charge is 2.45. The Bertz CT molecular complexity index is 3370. The summed E-state index contributed by atoms with van der Waals surface area (Å²) in [6.45, 7) is 4.36. The standard InChI is InChI=1S/C63H46N2.CH4.H2/c1-43-20-31-51(32-21-43)63(52-33-22-44(2)23-34-52)58-18-11-17-57-56-16-9-10-19-60(56)65(62(57)58)61-41-30-50(42-59(61)63)49-28-39-55(40-29-49)64(53-35-24-47(25-36-53)45-12-5-3-6-13-45)54-37-26-48(27-38-54)46-14-7-4-8-15-46;;/h3-42H,1-2H3;1H4;1H. The third-order valence-electron chi connectivity index (χ3n) is 13.6. The average Bonchev–Trinajstić information content (AvgIpc) is 3.71. The van der Waals surface area contributed by atoms with Gasteiger partial charge in [-0.1, -0.05) is 207 Å². The zero-order chi connectivity index (χ0) is 43.5. The van der Waals surface area contributed by atoms with Crippen molar-refractivity contribution in [2.24, 2.45) is 0 Å². The predicted molar refractivity (Wildman–Crippen MR) is 282 cm³/mol. The van der Waals surface area contributed by atoms with E-state index in [2.05, 4.69) is 266 Å². The summed E-state index contributed by atoms with van der Waals surface area (Å²) in [6, 6.07) is 89.6. The van der Waals surface area contributed by atoms with Crippen LogP contribution in [0.25, 0.3) is 60.9 Å². The third kappa shape index (κ3) is 6.56. The van der Waals surface area contributed by atoms with Crippen LogP contribution >= 0.6 is 0 Å². The van der Waals surface area contributed by atoms with Gasteiger partial charge in [0.1, 0.15) is 0 Å². The van der Waals surface area contributed by atoms with Crippen LogP contribution in [0.4, 0.5) is 17.1 Å². The van der Waals surface area contributed by atoms with Gasteiger partial charge in [-0.2, -0.15) is 0 Å². The van der Waals surface area contributed by atoms with Crippen LogP contribution in [0.2, 0.25) is 0 Å². The van der Waals surface area contributed by atoms with E-state index in [0.717, 1.165) is 17.1 Å². The van der Waals surface area contributed by atoms with Crippen LogP contribution in [0.15, 0.2) is 243 Å². The summed E-state index contributed by atoms with van der Waals surface area (Å²) in [5, 5.41) is 2.55. The molecule has 2 heterocycles. The Morgan fingerprint density at radius 2 is 0.788 bits per heavy atom. The minimum absolute atomic E-state index is 0. The van der Waals surface area contributed by atoms with Gasteiger partial charge >= 0.3 is 0 Å². The van der Waals surface area contributed by atoms with Crippen molar-refractivity contribution in [2.45, 2.75) is 26.7 Å². The number of para-hydroxylation sites is 2. The quantitative estimate of drug-likeness (QED) is 0.148. The van der Waals surface area contributed by atoms with Gasteiger partial charge in [0.2, 0.25) is 0 Å². The second-order valence-electron chi connectivity index (χ2n) is 17.5. The van der Waals surface area contributed by atoms with Gasteiger partial charge in [-0.05, 0) is 124 Å². The molecule has 66 heavy (non-hydrogen) atoms. The van der Waals surface area contributed by atoms with Crippen molar-refractivity contribution in [3.63, 3.8) is 0 Å². The number of aryl methyl sites for hydroxylation is 2. The molecule has 1 aliphatic rings. The Hall–Kier alpha value is -8.20. The van der Waals surface area contributed by atoms with Crippen molar-refractivity contribution in [2.75, 3.05) is 4.90 Å². The molecule has 0 bridgehead atoms. The Kier molecular flexibility index (Phi) is 10.1. The first-order valence-corrected chi connectivity index (χ1v) is 22.6. The van der Waals surface area contributed by atoms with Gasteiger partial charge in [0, 0.05) is 29.3 Å². The minimum Gasteiger partial charge on any atom is -0.311 e. The van der Waals surface area contributed by atoms with Crippen molar-refractivity contribution in [1.29, 1.82) is 0 Å². The third-order valence-corrected chi connectivity index (χ3v) is 13.6. The Morgan fingerprint density at radius 3 is 1.30 bits per heavy atom. The minimum atomic E-state index is -0.578. The number of rotatable bonds is 8. The highest BCUT2D eigenvalue weighted by atomic mass is 15.1. The zero-order valence-electron chi connectivity index (χ0n) is 36.5. The van der Waals surface area contributed by atoms with Gasteiger partial charge in [0.25, 0.3) is 0 Å². The SMILES string of the molecule is C.Cc1ccc(C2(c3ccc(C)cc3)c3cc(-c4ccc(N(c5ccc(-c6ccccc6)cc5)c5ccc(-c6ccccc6)cc5)cc4)ccc3-n3c4ccccc4c4cccc2c43)cc1.[HH]. The number of aromatic nitrogens is 1. The molecule has 10 aromatic carbocycles. The Balaban J connectivity index is 0.00000263. The molecule has 12 rings (SSSR count). The largest absolute Gasteiger partial charge is 0.311 e. The molecule has 0 radical (unpaired) electrons. The maximum Gasteiger partial charge on any atom is 0.0742 e. The first kappa shape index (κ1) is 40.6. The molecule has 0 fully saturated rings. The molecule has 318 valence electrons. The van der Waals surface area contributed by atoms with Gasteiger partial charge in [0.15, 0.2) is 0 Å². The molecule has 0 saturated carbocycles. The highest BCUT2D eigenvalue weighted by Crippen LogP contribution is 2.55. The molecule has 0 saturated heterocycles. The first-order chi connectivity index (χ1) is 32.0. The maximum atomic E-state index is 2.52. The molecule has 0 unspecified atom stereocenters. The lowest BCUT2D eigenvalue weighted by Crippen LogP contribution is -2.35. The van der Waals surface area contributed by atoms with Crippen LogP contribution in [0.3, 0.4) is 0 Å². The number of fused-ring (bicyclic) bond motifs is 5. The molecular weight excluding hydrogens is 797 g/mol. The van der Waals surface area contributed by atoms with Crippen molar-refractivity contribution in [3.05, 3.63) is 276 Å². The van der Waals surface area contributed by atoms with E-state index < -0.39 is 5.41 Å². The van der Waals surface area contributed by atoms with Crippen LogP contribution in [0.5, 0.6) is 0 Å². The van der Waals surface area contributed by atoms with Crippen molar-refractivity contribution < 1.29 is 1.43 Å². The van der Waals surface area contributed by atoms with E-state index in [1.807, 2.05) is 0 Å². The lowest BCUT2D eigenvalue weighted by molar-refractivity contribution is 0.727. The molecule has 11 aromatic rings. The molecule has 2 heteroatoms. The van der Waals surface area contributed by atoms with Crippen LogP contribution in [-0.4, -0.2) is 4.57 Å². The van der Waals surface area contributed by atoms with E-state index >= 15 is 0 Å². The van der Waals surface area contributed by atoms with Gasteiger partial charge in [-0.25, -0.2) is 0 Å². The summed E-state index contributed by atoms with van der Waals surface area (Å²) in [7, 11) is 0. The second kappa shape index (κ2) is 16.4. The number of benzene rings is 10. The van der Waals surface area contributed by atoms with Crippen LogP contribution in [0.1, 0.15) is 42.2 Å². The van der Waals surface area contributed by atoms with Gasteiger partial charge in [-0.15, -0.1) is 0 Å². The molecule has 1 aromatic heterocycles. The smallest absolute Gasteiger partial charge is 0.0742 e. The number of anilines is 3. The second-order valence-corrected chi connectivity index (χ2v) is 17.5. The highest BCUT2D eigenvalue weighted by molar-refractivity contribution is 6.12. The average molecular weight is 849 g/mol. The van der Waals surface area contributed by atoms with Crippen LogP contribution in [0, 0.1) is 13.8 Å². The van der Waals surface area contributed by atoms with Gasteiger partial charge < -0.3 is 9.47 Å². The zero-order valence-corrected chi connectivity index (χ0v) is 36.5. The Morgan fingerprint density at radius 1 is 0.364 bits per heavy atom. The van der Waals surface area contributed by atoms with Crippen LogP contribution in [-0.2, 0) is 5.41 Å². The summed E-state index contributed by atoms with van der Waals surface area (Å²) in [6.07, 6.45) is 0. The molecule has 0 spiro atoms. The topological polar surface area (TPSA) is 8.17 Å².